The highest BCUT2D eigenvalue weighted by Gasteiger charge is 2.05. The predicted octanol–water partition coefficient (Wildman–Crippen LogP) is 3.10. The quantitative estimate of drug-likeness (QED) is 0.719. The SMILES string of the molecule is N#Cc1ccc(C=O)cc1-c1ccsc1. The van der Waals surface area contributed by atoms with Gasteiger partial charge >= 0.3 is 0 Å². The van der Waals surface area contributed by atoms with Gasteiger partial charge in [0.1, 0.15) is 6.29 Å². The molecule has 0 saturated carbocycles. The van der Waals surface area contributed by atoms with Crippen LogP contribution in [-0.4, -0.2) is 6.29 Å². The first-order chi connectivity index (χ1) is 7.35. The molecule has 1 aromatic carbocycles. The highest BCUT2D eigenvalue weighted by molar-refractivity contribution is 7.08. The molecule has 0 aliphatic carbocycles. The second-order valence-corrected chi connectivity index (χ2v) is 3.83. The molecule has 0 aliphatic heterocycles. The van der Waals surface area contributed by atoms with Crippen LogP contribution in [0.5, 0.6) is 0 Å². The lowest BCUT2D eigenvalue weighted by Crippen LogP contribution is -1.86. The molecular weight excluding hydrogens is 206 g/mol. The van der Waals surface area contributed by atoms with Crippen molar-refractivity contribution < 1.29 is 4.79 Å². The highest BCUT2D eigenvalue weighted by atomic mass is 32.1. The lowest BCUT2D eigenvalue weighted by molar-refractivity contribution is 0.112. The van der Waals surface area contributed by atoms with E-state index in [1.807, 2.05) is 16.8 Å². The minimum atomic E-state index is 0.593. The van der Waals surface area contributed by atoms with E-state index in [2.05, 4.69) is 6.07 Å². The first-order valence-electron chi connectivity index (χ1n) is 4.37. The van der Waals surface area contributed by atoms with Crippen molar-refractivity contribution in [2.45, 2.75) is 0 Å². The molecule has 0 amide bonds. The largest absolute Gasteiger partial charge is 0.298 e. The van der Waals surface area contributed by atoms with Crippen LogP contribution in [0.3, 0.4) is 0 Å². The minimum Gasteiger partial charge on any atom is -0.298 e. The van der Waals surface area contributed by atoms with E-state index in [0.29, 0.717) is 11.1 Å². The number of hydrogen-bond acceptors (Lipinski definition) is 3. The van der Waals surface area contributed by atoms with Gasteiger partial charge in [-0.1, -0.05) is 6.07 Å². The molecule has 2 rings (SSSR count). The Morgan fingerprint density at radius 1 is 1.33 bits per heavy atom. The van der Waals surface area contributed by atoms with Crippen molar-refractivity contribution in [2.24, 2.45) is 0 Å². The Labute approximate surface area is 91.4 Å². The molecule has 0 spiro atoms. The van der Waals surface area contributed by atoms with Crippen LogP contribution in [0.4, 0.5) is 0 Å². The Kier molecular flexibility index (Phi) is 2.61. The monoisotopic (exact) mass is 213 g/mol. The van der Waals surface area contributed by atoms with Gasteiger partial charge in [-0.25, -0.2) is 0 Å². The van der Waals surface area contributed by atoms with Crippen LogP contribution < -0.4 is 0 Å². The Balaban J connectivity index is 2.63. The lowest BCUT2D eigenvalue weighted by Gasteiger charge is -2.01. The number of nitriles is 1. The normalized spacial score (nSPS) is 9.53. The summed E-state index contributed by atoms with van der Waals surface area (Å²) in [4.78, 5) is 10.6. The summed E-state index contributed by atoms with van der Waals surface area (Å²) in [5.41, 5.74) is 3.00. The van der Waals surface area contributed by atoms with Crippen LogP contribution in [-0.2, 0) is 0 Å². The Hall–Kier alpha value is -1.92. The number of carbonyl (C=O) groups is 1. The first kappa shape index (κ1) is 9.63. The number of carbonyl (C=O) groups excluding carboxylic acids is 1. The van der Waals surface area contributed by atoms with Gasteiger partial charge in [0, 0.05) is 11.1 Å². The topological polar surface area (TPSA) is 40.9 Å². The molecule has 0 bridgehead atoms. The Morgan fingerprint density at radius 3 is 2.80 bits per heavy atom. The molecule has 0 atom stereocenters. The van der Waals surface area contributed by atoms with E-state index >= 15 is 0 Å². The average molecular weight is 213 g/mol. The molecule has 15 heavy (non-hydrogen) atoms. The summed E-state index contributed by atoms with van der Waals surface area (Å²) in [6.45, 7) is 0. The zero-order chi connectivity index (χ0) is 10.7. The summed E-state index contributed by atoms with van der Waals surface area (Å²) in [6, 6.07) is 9.14. The van der Waals surface area contributed by atoms with E-state index in [-0.39, 0.29) is 0 Å². The summed E-state index contributed by atoms with van der Waals surface area (Å²) in [5, 5.41) is 12.9. The maximum atomic E-state index is 10.6. The van der Waals surface area contributed by atoms with Crippen molar-refractivity contribution in [1.29, 1.82) is 5.26 Å². The van der Waals surface area contributed by atoms with E-state index < -0.39 is 0 Å². The molecule has 72 valence electrons. The molecular formula is C12H7NOS. The zero-order valence-corrected chi connectivity index (χ0v) is 8.62. The van der Waals surface area contributed by atoms with Crippen molar-refractivity contribution >= 4 is 17.6 Å². The van der Waals surface area contributed by atoms with Crippen LogP contribution in [0.15, 0.2) is 35.0 Å². The zero-order valence-electron chi connectivity index (χ0n) is 7.81. The smallest absolute Gasteiger partial charge is 0.150 e. The molecule has 0 aliphatic rings. The fourth-order valence-electron chi connectivity index (χ4n) is 1.39. The van der Waals surface area contributed by atoms with Crippen molar-refractivity contribution in [3.8, 4) is 17.2 Å². The fourth-order valence-corrected chi connectivity index (χ4v) is 2.05. The average Bonchev–Trinajstić information content (AvgIpc) is 2.81. The third-order valence-electron chi connectivity index (χ3n) is 2.13. The number of hydrogen-bond donors (Lipinski definition) is 0. The van der Waals surface area contributed by atoms with Crippen LogP contribution in [0.2, 0.25) is 0 Å². The molecule has 1 heterocycles. The highest BCUT2D eigenvalue weighted by Crippen LogP contribution is 2.26. The van der Waals surface area contributed by atoms with E-state index in [9.17, 15) is 4.79 Å². The maximum absolute atomic E-state index is 10.6. The first-order valence-corrected chi connectivity index (χ1v) is 5.31. The summed E-state index contributed by atoms with van der Waals surface area (Å²) in [5.74, 6) is 0. The number of rotatable bonds is 2. The number of benzene rings is 1. The van der Waals surface area contributed by atoms with Gasteiger partial charge in [0.2, 0.25) is 0 Å². The summed E-state index contributed by atoms with van der Waals surface area (Å²) in [7, 11) is 0. The second kappa shape index (κ2) is 4.07. The van der Waals surface area contributed by atoms with Gasteiger partial charge in [0.05, 0.1) is 11.6 Å². The van der Waals surface area contributed by atoms with Gasteiger partial charge in [0.15, 0.2) is 0 Å². The van der Waals surface area contributed by atoms with Crippen LogP contribution >= 0.6 is 11.3 Å². The molecule has 0 radical (unpaired) electrons. The van der Waals surface area contributed by atoms with Gasteiger partial charge in [-0.2, -0.15) is 16.6 Å². The van der Waals surface area contributed by atoms with E-state index in [0.717, 1.165) is 17.4 Å². The molecule has 0 saturated heterocycles. The summed E-state index contributed by atoms with van der Waals surface area (Å²) >= 11 is 1.57. The molecule has 2 aromatic rings. The van der Waals surface area contributed by atoms with Crippen molar-refractivity contribution in [3.63, 3.8) is 0 Å². The van der Waals surface area contributed by atoms with Crippen molar-refractivity contribution in [2.75, 3.05) is 0 Å². The summed E-state index contributed by atoms with van der Waals surface area (Å²) < 4.78 is 0. The molecule has 2 nitrogen and oxygen atoms in total. The number of aldehydes is 1. The van der Waals surface area contributed by atoms with Crippen LogP contribution in [0.1, 0.15) is 15.9 Å². The molecule has 3 heteroatoms. The molecule has 0 N–H and O–H groups in total. The van der Waals surface area contributed by atoms with Crippen LogP contribution in [0.25, 0.3) is 11.1 Å². The predicted molar refractivity (Wildman–Crippen MR) is 59.9 cm³/mol. The molecule has 0 unspecified atom stereocenters. The third-order valence-corrected chi connectivity index (χ3v) is 2.82. The van der Waals surface area contributed by atoms with Gasteiger partial charge in [-0.05, 0) is 34.5 Å². The van der Waals surface area contributed by atoms with E-state index in [1.54, 1.807) is 29.5 Å². The van der Waals surface area contributed by atoms with Crippen molar-refractivity contribution in [1.82, 2.24) is 0 Å². The van der Waals surface area contributed by atoms with Gasteiger partial charge in [0.25, 0.3) is 0 Å². The second-order valence-electron chi connectivity index (χ2n) is 3.05. The number of nitrogens with zero attached hydrogens (tertiary/aromatic N) is 1. The minimum absolute atomic E-state index is 0.593. The van der Waals surface area contributed by atoms with Crippen LogP contribution in [0, 0.1) is 11.3 Å². The molecule has 0 fully saturated rings. The lowest BCUT2D eigenvalue weighted by atomic mass is 10.0. The summed E-state index contributed by atoms with van der Waals surface area (Å²) in [6.07, 6.45) is 0.789. The van der Waals surface area contributed by atoms with Crippen molar-refractivity contribution in [3.05, 3.63) is 46.2 Å². The number of thiophene rings is 1. The fraction of sp³-hybridized carbons (Fsp3) is 0. The Morgan fingerprint density at radius 2 is 2.20 bits per heavy atom. The molecule has 1 aromatic heterocycles. The van der Waals surface area contributed by atoms with Gasteiger partial charge in [-0.3, -0.25) is 4.79 Å². The standard InChI is InChI=1S/C12H7NOS/c13-6-10-2-1-9(7-14)5-12(10)11-3-4-15-8-11/h1-5,7-8H. The Bertz CT molecular complexity index is 523. The maximum Gasteiger partial charge on any atom is 0.150 e. The van der Waals surface area contributed by atoms with Gasteiger partial charge < -0.3 is 0 Å². The van der Waals surface area contributed by atoms with Gasteiger partial charge in [-0.15, -0.1) is 0 Å². The third kappa shape index (κ3) is 1.80. The van der Waals surface area contributed by atoms with E-state index in [4.69, 9.17) is 5.26 Å². The van der Waals surface area contributed by atoms with E-state index in [1.165, 1.54) is 0 Å².